The first-order chi connectivity index (χ1) is 17.9. The first-order valence-electron chi connectivity index (χ1n) is 11.8. The Morgan fingerprint density at radius 2 is 2.03 bits per heavy atom. The largest absolute Gasteiger partial charge is 0.384 e. The van der Waals surface area contributed by atoms with Crippen LogP contribution in [0.2, 0.25) is 0 Å². The molecule has 0 saturated carbocycles. The minimum atomic E-state index is -1.56. The number of ketones is 1. The number of nitrogens with two attached hydrogens (primary N) is 1. The van der Waals surface area contributed by atoms with E-state index in [4.69, 9.17) is 5.73 Å². The number of Topliss-reactive ketones (excluding diaryl/α,β-unsaturated/α-hetero) is 1. The molecule has 37 heavy (non-hydrogen) atoms. The lowest BCUT2D eigenvalue weighted by Crippen LogP contribution is -2.50. The summed E-state index contributed by atoms with van der Waals surface area (Å²) in [6, 6.07) is 17.6. The van der Waals surface area contributed by atoms with Crippen molar-refractivity contribution in [1.29, 1.82) is 5.26 Å². The van der Waals surface area contributed by atoms with Crippen LogP contribution in [-0.2, 0) is 20.8 Å². The SMILES string of the molecule is Cc1cccc(CSc2nnc(N3C(N)=C(C#N)[C@]4(C(=O)Nc5ccccc54)C4=C3CCCC4=O)s2)c1. The molecule has 3 aromatic rings. The number of allylic oxidation sites excluding steroid dienone is 1. The molecule has 2 aromatic carbocycles. The van der Waals surface area contributed by atoms with E-state index in [9.17, 15) is 14.9 Å². The monoisotopic (exact) mass is 526 g/mol. The molecule has 8 nitrogen and oxygen atoms in total. The van der Waals surface area contributed by atoms with Crippen LogP contribution in [0, 0.1) is 18.3 Å². The smallest absolute Gasteiger partial charge is 0.245 e. The van der Waals surface area contributed by atoms with Crippen LogP contribution < -0.4 is 16.0 Å². The predicted molar refractivity (Wildman–Crippen MR) is 143 cm³/mol. The van der Waals surface area contributed by atoms with E-state index < -0.39 is 11.3 Å². The molecule has 0 fully saturated rings. The van der Waals surface area contributed by atoms with E-state index >= 15 is 0 Å². The molecule has 1 amide bonds. The van der Waals surface area contributed by atoms with Crippen molar-refractivity contribution in [2.24, 2.45) is 5.73 Å². The van der Waals surface area contributed by atoms with Crippen LogP contribution in [0.3, 0.4) is 0 Å². The fourth-order valence-electron chi connectivity index (χ4n) is 5.46. The average molecular weight is 527 g/mol. The second-order valence-electron chi connectivity index (χ2n) is 9.18. The third kappa shape index (κ3) is 3.49. The van der Waals surface area contributed by atoms with Gasteiger partial charge in [0.1, 0.15) is 17.3 Å². The standard InChI is InChI=1S/C27H22N6O2S2/c1-15-6-4-7-16(12-15)14-36-26-32-31-25(37-26)33-20-10-5-11-21(34)22(20)27(18(13-28)23(33)29)17-8-2-3-9-19(17)30-24(27)35/h2-4,6-9,12H,5,10-11,14,29H2,1H3,(H,30,35)/t27-/m0/s1. The minimum absolute atomic E-state index is 0.0353. The number of carbonyl (C=O) groups excluding carboxylic acids is 2. The zero-order valence-corrected chi connectivity index (χ0v) is 21.6. The predicted octanol–water partition coefficient (Wildman–Crippen LogP) is 4.55. The van der Waals surface area contributed by atoms with Gasteiger partial charge in [0.25, 0.3) is 0 Å². The molecule has 1 aromatic heterocycles. The molecule has 1 spiro atoms. The number of nitriles is 1. The number of hydrogen-bond acceptors (Lipinski definition) is 9. The molecule has 3 N–H and O–H groups in total. The Bertz CT molecular complexity index is 1580. The topological polar surface area (TPSA) is 125 Å². The van der Waals surface area contributed by atoms with Gasteiger partial charge in [0.15, 0.2) is 10.1 Å². The summed E-state index contributed by atoms with van der Waals surface area (Å²) in [4.78, 5) is 28.8. The lowest BCUT2D eigenvalue weighted by atomic mass is 9.64. The van der Waals surface area contributed by atoms with Crippen molar-refractivity contribution in [3.8, 4) is 6.07 Å². The van der Waals surface area contributed by atoms with Gasteiger partial charge in [-0.05, 0) is 31.4 Å². The molecule has 6 rings (SSSR count). The van der Waals surface area contributed by atoms with Gasteiger partial charge in [-0.25, -0.2) is 0 Å². The fraction of sp³-hybridized carbons (Fsp3) is 0.222. The van der Waals surface area contributed by atoms with Crippen molar-refractivity contribution in [1.82, 2.24) is 10.2 Å². The summed E-state index contributed by atoms with van der Waals surface area (Å²) in [6.07, 6.45) is 1.45. The van der Waals surface area contributed by atoms with Gasteiger partial charge in [-0.3, -0.25) is 14.5 Å². The third-order valence-electron chi connectivity index (χ3n) is 6.97. The Morgan fingerprint density at radius 1 is 1.19 bits per heavy atom. The summed E-state index contributed by atoms with van der Waals surface area (Å²) in [5, 5.41) is 22.4. The molecule has 2 aliphatic heterocycles. The molecule has 0 radical (unpaired) electrons. The summed E-state index contributed by atoms with van der Waals surface area (Å²) in [7, 11) is 0. The summed E-state index contributed by atoms with van der Waals surface area (Å²) in [5.74, 6) is 0.255. The molecule has 0 saturated heterocycles. The Hall–Kier alpha value is -3.94. The zero-order valence-electron chi connectivity index (χ0n) is 19.9. The first-order valence-corrected chi connectivity index (χ1v) is 13.7. The van der Waals surface area contributed by atoms with Crippen LogP contribution in [0.25, 0.3) is 0 Å². The Kier molecular flexibility index (Phi) is 5.62. The van der Waals surface area contributed by atoms with Crippen LogP contribution >= 0.6 is 23.1 Å². The maximum atomic E-state index is 13.6. The quantitative estimate of drug-likeness (QED) is 0.475. The summed E-state index contributed by atoms with van der Waals surface area (Å²) < 4.78 is 0.747. The Labute approximate surface area is 221 Å². The number of nitrogens with zero attached hydrogens (tertiary/aromatic N) is 4. The summed E-state index contributed by atoms with van der Waals surface area (Å²) in [6.45, 7) is 2.06. The number of nitrogens with one attached hydrogen (secondary N) is 1. The van der Waals surface area contributed by atoms with E-state index in [-0.39, 0.29) is 17.2 Å². The van der Waals surface area contributed by atoms with E-state index in [1.807, 2.05) is 12.1 Å². The molecule has 0 unspecified atom stereocenters. The number of aromatic nitrogens is 2. The number of rotatable bonds is 4. The highest BCUT2D eigenvalue weighted by Crippen LogP contribution is 2.55. The Balaban J connectivity index is 1.46. The maximum Gasteiger partial charge on any atom is 0.245 e. The van der Waals surface area contributed by atoms with Gasteiger partial charge in [0, 0.05) is 34.7 Å². The maximum absolute atomic E-state index is 13.6. The number of hydrogen-bond donors (Lipinski definition) is 2. The molecular weight excluding hydrogens is 504 g/mol. The van der Waals surface area contributed by atoms with E-state index in [1.165, 1.54) is 22.5 Å². The molecule has 184 valence electrons. The van der Waals surface area contributed by atoms with E-state index in [0.717, 1.165) is 10.1 Å². The molecule has 1 aliphatic carbocycles. The van der Waals surface area contributed by atoms with E-state index in [1.54, 1.807) is 34.9 Å². The average Bonchev–Trinajstić information content (AvgIpc) is 3.46. The van der Waals surface area contributed by atoms with Crippen molar-refractivity contribution in [2.45, 2.75) is 41.7 Å². The number of fused-ring (bicyclic) bond motifs is 3. The number of para-hydroxylation sites is 1. The first kappa shape index (κ1) is 23.5. The van der Waals surface area contributed by atoms with Crippen LogP contribution in [0.1, 0.15) is 36.0 Å². The van der Waals surface area contributed by atoms with E-state index in [2.05, 4.69) is 46.7 Å². The third-order valence-corrected chi connectivity index (χ3v) is 9.08. The van der Waals surface area contributed by atoms with Gasteiger partial charge in [-0.2, -0.15) is 5.26 Å². The van der Waals surface area contributed by atoms with E-state index in [0.29, 0.717) is 46.9 Å². The van der Waals surface area contributed by atoms with Crippen LogP contribution in [0.5, 0.6) is 0 Å². The second-order valence-corrected chi connectivity index (χ2v) is 11.4. The lowest BCUT2D eigenvalue weighted by Gasteiger charge is -2.42. The number of thioether (sulfide) groups is 1. The summed E-state index contributed by atoms with van der Waals surface area (Å²) in [5.41, 5.74) is 9.61. The van der Waals surface area contributed by atoms with Crippen LogP contribution in [0.15, 0.2) is 75.5 Å². The molecule has 3 aliphatic rings. The zero-order chi connectivity index (χ0) is 25.7. The number of benzene rings is 2. The number of carbonyl (C=O) groups is 2. The second kappa shape index (κ2) is 8.87. The molecule has 3 heterocycles. The van der Waals surface area contributed by atoms with Gasteiger partial charge in [-0.15, -0.1) is 10.2 Å². The van der Waals surface area contributed by atoms with Crippen LogP contribution in [0.4, 0.5) is 10.8 Å². The molecule has 10 heteroatoms. The lowest BCUT2D eigenvalue weighted by molar-refractivity contribution is -0.122. The normalized spacial score (nSPS) is 20.7. The highest BCUT2D eigenvalue weighted by Gasteiger charge is 2.60. The number of anilines is 2. The van der Waals surface area contributed by atoms with Gasteiger partial charge in [0.2, 0.25) is 11.0 Å². The van der Waals surface area contributed by atoms with Crippen LogP contribution in [-0.4, -0.2) is 21.9 Å². The van der Waals surface area contributed by atoms with Crippen molar-refractivity contribution in [3.05, 3.63) is 87.9 Å². The van der Waals surface area contributed by atoms with Gasteiger partial charge in [0.05, 0.1) is 5.57 Å². The van der Waals surface area contributed by atoms with Crippen molar-refractivity contribution in [2.75, 3.05) is 10.2 Å². The number of aryl methyl sites for hydroxylation is 1. The van der Waals surface area contributed by atoms with Gasteiger partial charge < -0.3 is 11.1 Å². The van der Waals surface area contributed by atoms with Crippen molar-refractivity contribution in [3.63, 3.8) is 0 Å². The minimum Gasteiger partial charge on any atom is -0.384 e. The Morgan fingerprint density at radius 3 is 2.84 bits per heavy atom. The van der Waals surface area contributed by atoms with Gasteiger partial charge >= 0.3 is 0 Å². The molecule has 1 atom stereocenters. The van der Waals surface area contributed by atoms with Crippen molar-refractivity contribution < 1.29 is 9.59 Å². The van der Waals surface area contributed by atoms with Crippen molar-refractivity contribution >= 4 is 45.6 Å². The fourth-order valence-corrected chi connectivity index (χ4v) is 7.29. The van der Waals surface area contributed by atoms with Gasteiger partial charge in [-0.1, -0.05) is 71.1 Å². The highest BCUT2D eigenvalue weighted by atomic mass is 32.2. The highest BCUT2D eigenvalue weighted by molar-refractivity contribution is 8.00. The summed E-state index contributed by atoms with van der Waals surface area (Å²) >= 11 is 2.91. The number of amides is 1. The molecular formula is C27H22N6O2S2. The molecule has 0 bridgehead atoms.